The van der Waals surface area contributed by atoms with E-state index < -0.39 is 0 Å². The number of aliphatic imine (C=N–C) groups is 1. The molecule has 2 N–H and O–H groups in total. The summed E-state index contributed by atoms with van der Waals surface area (Å²) in [5.74, 6) is 3.42. The normalized spacial score (nSPS) is 22.8. The summed E-state index contributed by atoms with van der Waals surface area (Å²) in [4.78, 5) is 11.6. The first-order chi connectivity index (χ1) is 13.1. The third kappa shape index (κ3) is 6.28. The van der Waals surface area contributed by atoms with Crippen LogP contribution in [0.4, 0.5) is 0 Å². The van der Waals surface area contributed by atoms with Crippen LogP contribution in [0.2, 0.25) is 0 Å². The zero-order valence-electron chi connectivity index (χ0n) is 17.6. The van der Waals surface area contributed by atoms with Crippen molar-refractivity contribution in [2.24, 2.45) is 10.9 Å². The molecule has 1 saturated heterocycles. The Labute approximate surface area is 185 Å². The number of halogens is 1. The van der Waals surface area contributed by atoms with Crippen molar-refractivity contribution < 1.29 is 4.74 Å². The number of methoxy groups -OCH3 is 1. The lowest BCUT2D eigenvalue weighted by molar-refractivity contribution is 0.177. The van der Waals surface area contributed by atoms with Gasteiger partial charge in [-0.1, -0.05) is 13.8 Å². The van der Waals surface area contributed by atoms with Gasteiger partial charge < -0.3 is 15.4 Å². The number of guanidine groups is 1. The number of aryl methyl sites for hydroxylation is 1. The first-order valence-corrected chi connectivity index (χ1v) is 10.2. The molecule has 1 fully saturated rings. The quantitative estimate of drug-likeness (QED) is 0.334. The van der Waals surface area contributed by atoms with Crippen LogP contribution in [0, 0.1) is 5.92 Å². The van der Waals surface area contributed by atoms with Crippen molar-refractivity contribution >= 4 is 29.9 Å². The Balaban J connectivity index is 0.00000280. The summed E-state index contributed by atoms with van der Waals surface area (Å²) in [6, 6.07) is 0.923. The van der Waals surface area contributed by atoms with Crippen molar-refractivity contribution in [3.8, 4) is 0 Å². The van der Waals surface area contributed by atoms with Gasteiger partial charge in [-0.2, -0.15) is 5.10 Å². The number of likely N-dealkylation sites (tertiary alicyclic amines) is 1. The van der Waals surface area contributed by atoms with Gasteiger partial charge in [-0.05, 0) is 31.7 Å². The van der Waals surface area contributed by atoms with Crippen molar-refractivity contribution in [1.29, 1.82) is 0 Å². The first-order valence-electron chi connectivity index (χ1n) is 10.2. The predicted octanol–water partition coefficient (Wildman–Crippen LogP) is 1.64. The van der Waals surface area contributed by atoms with Crippen LogP contribution >= 0.6 is 24.0 Å². The Morgan fingerprint density at radius 2 is 2.18 bits per heavy atom. The Bertz CT molecular complexity index is 634. The highest BCUT2D eigenvalue weighted by Crippen LogP contribution is 2.18. The minimum absolute atomic E-state index is 0. The smallest absolute Gasteiger partial charge is 0.191 e. The maximum atomic E-state index is 5.14. The Kier molecular flexibility index (Phi) is 9.42. The second-order valence-electron chi connectivity index (χ2n) is 8.08. The summed E-state index contributed by atoms with van der Waals surface area (Å²) in [5, 5.41) is 11.7. The molecule has 0 amide bonds. The average molecular weight is 505 g/mol. The molecule has 0 aliphatic carbocycles. The number of rotatable bonds is 7. The van der Waals surface area contributed by atoms with Gasteiger partial charge in [0.15, 0.2) is 11.8 Å². The molecular weight excluding hydrogens is 469 g/mol. The van der Waals surface area contributed by atoms with E-state index in [0.29, 0.717) is 24.6 Å². The third-order valence-electron chi connectivity index (χ3n) is 5.34. The number of nitrogens with one attached hydrogen (secondary N) is 2. The molecule has 1 unspecified atom stereocenters. The molecule has 3 heterocycles. The van der Waals surface area contributed by atoms with Gasteiger partial charge in [-0.25, -0.2) is 9.67 Å². The standard InChI is InChI=1S/C19H35N7O.HI/c1-14(2)11-25-9-5-6-16(25)10-21-19(20-3)22-15-7-8-18-23-17(13-27-4)24-26(18)12-15;/h14-16H,5-13H2,1-4H3,(H2,20,21,22);1H/t15?,16-;/m1./s1. The zero-order valence-corrected chi connectivity index (χ0v) is 20.0. The SMILES string of the molecule is CN=C(NC[C@H]1CCCN1CC(C)C)NC1CCc2nc(COC)nn2C1.I. The van der Waals surface area contributed by atoms with Gasteiger partial charge in [-0.3, -0.25) is 9.89 Å². The second kappa shape index (κ2) is 11.3. The van der Waals surface area contributed by atoms with Crippen molar-refractivity contribution in [2.45, 2.75) is 64.8 Å². The molecule has 3 rings (SSSR count). The van der Waals surface area contributed by atoms with Gasteiger partial charge in [0.1, 0.15) is 12.4 Å². The van der Waals surface area contributed by atoms with E-state index in [-0.39, 0.29) is 24.0 Å². The number of fused-ring (bicyclic) bond motifs is 1. The van der Waals surface area contributed by atoms with Crippen LogP contribution in [0.25, 0.3) is 0 Å². The molecule has 160 valence electrons. The predicted molar refractivity (Wildman–Crippen MR) is 122 cm³/mol. The first kappa shape index (κ1) is 23.3. The number of ether oxygens (including phenoxy) is 1. The highest BCUT2D eigenvalue weighted by Gasteiger charge is 2.26. The van der Waals surface area contributed by atoms with Crippen molar-refractivity contribution in [2.75, 3.05) is 33.8 Å². The zero-order chi connectivity index (χ0) is 19.2. The molecule has 1 aromatic rings. The average Bonchev–Trinajstić information content (AvgIpc) is 3.24. The van der Waals surface area contributed by atoms with Gasteiger partial charge in [0, 0.05) is 45.8 Å². The van der Waals surface area contributed by atoms with Crippen LogP contribution in [-0.2, 0) is 24.3 Å². The van der Waals surface area contributed by atoms with E-state index in [4.69, 9.17) is 4.74 Å². The van der Waals surface area contributed by atoms with Crippen molar-refractivity contribution in [3.05, 3.63) is 11.6 Å². The van der Waals surface area contributed by atoms with Crippen LogP contribution in [0.5, 0.6) is 0 Å². The summed E-state index contributed by atoms with van der Waals surface area (Å²) >= 11 is 0. The molecule has 1 aromatic heterocycles. The minimum atomic E-state index is 0. The maximum Gasteiger partial charge on any atom is 0.191 e. The summed E-state index contributed by atoms with van der Waals surface area (Å²) in [5.41, 5.74) is 0. The van der Waals surface area contributed by atoms with Crippen molar-refractivity contribution in [3.63, 3.8) is 0 Å². The minimum Gasteiger partial charge on any atom is -0.377 e. The molecule has 0 radical (unpaired) electrons. The highest BCUT2D eigenvalue weighted by molar-refractivity contribution is 14.0. The van der Waals surface area contributed by atoms with E-state index in [1.807, 2.05) is 11.7 Å². The Morgan fingerprint density at radius 1 is 1.36 bits per heavy atom. The number of nitrogens with zero attached hydrogens (tertiary/aromatic N) is 5. The Morgan fingerprint density at radius 3 is 2.89 bits per heavy atom. The summed E-state index contributed by atoms with van der Waals surface area (Å²) in [6.07, 6.45) is 4.53. The van der Waals surface area contributed by atoms with Crippen LogP contribution in [0.1, 0.15) is 44.8 Å². The molecule has 0 bridgehead atoms. The van der Waals surface area contributed by atoms with Crippen LogP contribution < -0.4 is 10.6 Å². The van der Waals surface area contributed by atoms with Gasteiger partial charge in [-0.15, -0.1) is 24.0 Å². The molecule has 8 nitrogen and oxygen atoms in total. The second-order valence-corrected chi connectivity index (χ2v) is 8.08. The van der Waals surface area contributed by atoms with Crippen LogP contribution in [-0.4, -0.2) is 71.5 Å². The van der Waals surface area contributed by atoms with E-state index in [0.717, 1.165) is 43.5 Å². The molecular formula is C19H36IN7O. The van der Waals surface area contributed by atoms with Crippen LogP contribution in [0.3, 0.4) is 0 Å². The van der Waals surface area contributed by atoms with E-state index >= 15 is 0 Å². The van der Waals surface area contributed by atoms with Gasteiger partial charge in [0.2, 0.25) is 0 Å². The van der Waals surface area contributed by atoms with E-state index in [1.165, 1.54) is 25.9 Å². The molecule has 28 heavy (non-hydrogen) atoms. The fourth-order valence-corrected chi connectivity index (χ4v) is 4.11. The number of hydrogen-bond acceptors (Lipinski definition) is 5. The molecule has 2 aliphatic rings. The van der Waals surface area contributed by atoms with Gasteiger partial charge in [0.25, 0.3) is 0 Å². The van der Waals surface area contributed by atoms with Gasteiger partial charge >= 0.3 is 0 Å². The van der Waals surface area contributed by atoms with E-state index in [2.05, 4.69) is 44.5 Å². The summed E-state index contributed by atoms with van der Waals surface area (Å²) < 4.78 is 7.14. The van der Waals surface area contributed by atoms with E-state index in [9.17, 15) is 0 Å². The molecule has 2 atom stereocenters. The number of hydrogen-bond donors (Lipinski definition) is 2. The fraction of sp³-hybridized carbons (Fsp3) is 0.842. The summed E-state index contributed by atoms with van der Waals surface area (Å²) in [6.45, 7) is 9.22. The lowest BCUT2D eigenvalue weighted by Crippen LogP contribution is -2.50. The molecule has 0 aromatic carbocycles. The summed E-state index contributed by atoms with van der Waals surface area (Å²) in [7, 11) is 3.52. The third-order valence-corrected chi connectivity index (χ3v) is 5.34. The molecule has 2 aliphatic heterocycles. The monoisotopic (exact) mass is 505 g/mol. The Hall–Kier alpha value is -0.940. The largest absolute Gasteiger partial charge is 0.377 e. The molecule has 0 spiro atoms. The van der Waals surface area contributed by atoms with Gasteiger partial charge in [0.05, 0.1) is 6.54 Å². The van der Waals surface area contributed by atoms with E-state index in [1.54, 1.807) is 7.11 Å². The maximum absolute atomic E-state index is 5.14. The highest BCUT2D eigenvalue weighted by atomic mass is 127. The molecule has 9 heteroatoms. The number of aromatic nitrogens is 3. The molecule has 0 saturated carbocycles. The lowest BCUT2D eigenvalue weighted by atomic mass is 10.1. The van der Waals surface area contributed by atoms with Crippen molar-refractivity contribution in [1.82, 2.24) is 30.3 Å². The lowest BCUT2D eigenvalue weighted by Gasteiger charge is -2.29. The fourth-order valence-electron chi connectivity index (χ4n) is 4.11. The van der Waals surface area contributed by atoms with Crippen LogP contribution in [0.15, 0.2) is 4.99 Å². The topological polar surface area (TPSA) is 79.6 Å².